The van der Waals surface area contributed by atoms with Gasteiger partial charge in [-0.3, -0.25) is 4.79 Å². The molecule has 0 amide bonds. The summed E-state index contributed by atoms with van der Waals surface area (Å²) in [6, 6.07) is 0. The van der Waals surface area contributed by atoms with E-state index in [0.29, 0.717) is 30.6 Å². The van der Waals surface area contributed by atoms with Crippen LogP contribution in [0.1, 0.15) is 32.6 Å². The molecule has 0 N–H and O–H groups in total. The highest BCUT2D eigenvalue weighted by Gasteiger charge is 2.55. The van der Waals surface area contributed by atoms with E-state index < -0.39 is 11.4 Å². The van der Waals surface area contributed by atoms with E-state index in [9.17, 15) is 9.59 Å². The van der Waals surface area contributed by atoms with Crippen molar-refractivity contribution in [2.75, 3.05) is 14.2 Å². The molecule has 1 aliphatic heterocycles. The fourth-order valence-electron chi connectivity index (χ4n) is 3.03. The standard InChI is InChI=1S/C15H20O5/c1-9(2)11-8-15(14(17)19-4)7-5-6-10(12(15)20-11)13(16)18-3/h11H,1,5-8H2,2-4H3/t11-,15+/m0/s1. The molecule has 1 heterocycles. The van der Waals surface area contributed by atoms with Crippen LogP contribution in [0.5, 0.6) is 0 Å². The highest BCUT2D eigenvalue weighted by Crippen LogP contribution is 2.52. The molecule has 2 rings (SSSR count). The fourth-order valence-corrected chi connectivity index (χ4v) is 3.03. The van der Waals surface area contributed by atoms with Crippen LogP contribution in [0.2, 0.25) is 0 Å². The second-order valence-electron chi connectivity index (χ2n) is 5.38. The van der Waals surface area contributed by atoms with Crippen LogP contribution in [-0.4, -0.2) is 32.3 Å². The lowest BCUT2D eigenvalue weighted by Gasteiger charge is -2.30. The molecule has 110 valence electrons. The molecule has 0 bridgehead atoms. The Bertz CT molecular complexity index is 490. The third-order valence-corrected chi connectivity index (χ3v) is 4.09. The summed E-state index contributed by atoms with van der Waals surface area (Å²) in [5, 5.41) is 0. The Hall–Kier alpha value is -1.78. The van der Waals surface area contributed by atoms with Gasteiger partial charge in [0.1, 0.15) is 17.3 Å². The SMILES string of the molecule is C=C(C)[C@@H]1C[C@]2(C(=O)OC)CCCC(C(=O)OC)=C2O1. The predicted molar refractivity (Wildman–Crippen MR) is 71.6 cm³/mol. The molecule has 0 aromatic carbocycles. The summed E-state index contributed by atoms with van der Waals surface area (Å²) in [6.45, 7) is 5.74. The first-order chi connectivity index (χ1) is 9.46. The van der Waals surface area contributed by atoms with E-state index in [2.05, 4.69) is 6.58 Å². The Morgan fingerprint density at radius 3 is 2.60 bits per heavy atom. The first-order valence-corrected chi connectivity index (χ1v) is 6.68. The lowest BCUT2D eigenvalue weighted by molar-refractivity contribution is -0.151. The van der Waals surface area contributed by atoms with Crippen LogP contribution in [-0.2, 0) is 23.8 Å². The van der Waals surface area contributed by atoms with Crippen LogP contribution in [0.3, 0.4) is 0 Å². The minimum absolute atomic E-state index is 0.262. The first-order valence-electron chi connectivity index (χ1n) is 6.68. The second-order valence-corrected chi connectivity index (χ2v) is 5.38. The zero-order valence-electron chi connectivity index (χ0n) is 12.2. The Labute approximate surface area is 118 Å². The van der Waals surface area contributed by atoms with E-state index in [1.807, 2.05) is 6.92 Å². The van der Waals surface area contributed by atoms with Crippen molar-refractivity contribution in [3.63, 3.8) is 0 Å². The Kier molecular flexibility index (Phi) is 3.88. The van der Waals surface area contributed by atoms with Crippen molar-refractivity contribution in [2.24, 2.45) is 5.41 Å². The van der Waals surface area contributed by atoms with E-state index in [1.54, 1.807) is 0 Å². The topological polar surface area (TPSA) is 61.8 Å². The van der Waals surface area contributed by atoms with Gasteiger partial charge in [-0.2, -0.15) is 0 Å². The van der Waals surface area contributed by atoms with Gasteiger partial charge in [-0.25, -0.2) is 4.79 Å². The molecular formula is C15H20O5. The molecule has 0 unspecified atom stereocenters. The Morgan fingerprint density at radius 1 is 1.35 bits per heavy atom. The van der Waals surface area contributed by atoms with Gasteiger partial charge in [0.05, 0.1) is 19.8 Å². The van der Waals surface area contributed by atoms with Gasteiger partial charge in [-0.1, -0.05) is 6.58 Å². The molecule has 5 nitrogen and oxygen atoms in total. The summed E-state index contributed by atoms with van der Waals surface area (Å²) in [5.41, 5.74) is 0.424. The number of carbonyl (C=O) groups excluding carboxylic acids is 2. The third kappa shape index (κ3) is 2.11. The van der Waals surface area contributed by atoms with E-state index in [-0.39, 0.29) is 12.1 Å². The number of hydrogen-bond donors (Lipinski definition) is 0. The molecule has 0 saturated carbocycles. The van der Waals surface area contributed by atoms with Crippen LogP contribution in [0.25, 0.3) is 0 Å². The third-order valence-electron chi connectivity index (χ3n) is 4.09. The van der Waals surface area contributed by atoms with E-state index >= 15 is 0 Å². The van der Waals surface area contributed by atoms with Gasteiger partial charge in [0, 0.05) is 6.42 Å². The molecule has 2 atom stereocenters. The zero-order valence-corrected chi connectivity index (χ0v) is 12.2. The summed E-state index contributed by atoms with van der Waals surface area (Å²) < 4.78 is 15.6. The van der Waals surface area contributed by atoms with Crippen molar-refractivity contribution in [1.82, 2.24) is 0 Å². The molecule has 5 heteroatoms. The number of methoxy groups -OCH3 is 2. The molecule has 1 aliphatic carbocycles. The zero-order chi connectivity index (χ0) is 14.9. The number of rotatable bonds is 3. The predicted octanol–water partition coefficient (Wildman–Crippen LogP) is 2.12. The molecule has 0 spiro atoms. The highest BCUT2D eigenvalue weighted by atomic mass is 16.5. The Balaban J connectivity index is 2.52. The lowest BCUT2D eigenvalue weighted by Crippen LogP contribution is -2.35. The van der Waals surface area contributed by atoms with Gasteiger partial charge in [0.2, 0.25) is 0 Å². The molecule has 0 radical (unpaired) electrons. The van der Waals surface area contributed by atoms with E-state index in [0.717, 1.165) is 12.0 Å². The van der Waals surface area contributed by atoms with E-state index in [4.69, 9.17) is 14.2 Å². The first kappa shape index (κ1) is 14.6. The fraction of sp³-hybridized carbons (Fsp3) is 0.600. The maximum Gasteiger partial charge on any atom is 0.337 e. The molecule has 0 aromatic heterocycles. The monoisotopic (exact) mass is 280 g/mol. The molecule has 1 saturated heterocycles. The van der Waals surface area contributed by atoms with Gasteiger partial charge in [-0.05, 0) is 31.8 Å². The van der Waals surface area contributed by atoms with Gasteiger partial charge in [0.15, 0.2) is 0 Å². The molecule has 2 aliphatic rings. The molecule has 0 aromatic rings. The summed E-state index contributed by atoms with van der Waals surface area (Å²) >= 11 is 0. The molecular weight excluding hydrogens is 260 g/mol. The van der Waals surface area contributed by atoms with Gasteiger partial charge in [0.25, 0.3) is 0 Å². The van der Waals surface area contributed by atoms with Crippen molar-refractivity contribution < 1.29 is 23.8 Å². The van der Waals surface area contributed by atoms with Crippen molar-refractivity contribution in [3.05, 3.63) is 23.5 Å². The molecule has 1 fully saturated rings. The number of esters is 2. The minimum Gasteiger partial charge on any atom is -0.489 e. The van der Waals surface area contributed by atoms with Gasteiger partial charge >= 0.3 is 11.9 Å². The van der Waals surface area contributed by atoms with E-state index in [1.165, 1.54) is 14.2 Å². The second kappa shape index (κ2) is 5.31. The summed E-state index contributed by atoms with van der Waals surface area (Å²) in [7, 11) is 2.69. The largest absolute Gasteiger partial charge is 0.489 e. The van der Waals surface area contributed by atoms with Crippen LogP contribution in [0, 0.1) is 5.41 Å². The summed E-state index contributed by atoms with van der Waals surface area (Å²) in [5.74, 6) is -0.358. The van der Waals surface area contributed by atoms with Gasteiger partial charge < -0.3 is 14.2 Å². The summed E-state index contributed by atoms with van der Waals surface area (Å²) in [4.78, 5) is 24.2. The maximum absolute atomic E-state index is 12.3. The Morgan fingerprint density at radius 2 is 2.05 bits per heavy atom. The molecule has 20 heavy (non-hydrogen) atoms. The van der Waals surface area contributed by atoms with Crippen LogP contribution in [0.15, 0.2) is 23.5 Å². The average molecular weight is 280 g/mol. The number of ether oxygens (including phenoxy) is 3. The van der Waals surface area contributed by atoms with Crippen LogP contribution >= 0.6 is 0 Å². The number of hydrogen-bond acceptors (Lipinski definition) is 5. The average Bonchev–Trinajstić information content (AvgIpc) is 2.86. The normalized spacial score (nSPS) is 28.4. The van der Waals surface area contributed by atoms with Crippen molar-refractivity contribution in [3.8, 4) is 0 Å². The van der Waals surface area contributed by atoms with Crippen molar-refractivity contribution in [2.45, 2.75) is 38.7 Å². The van der Waals surface area contributed by atoms with Crippen molar-refractivity contribution >= 4 is 11.9 Å². The smallest absolute Gasteiger partial charge is 0.337 e. The maximum atomic E-state index is 12.3. The number of carbonyl (C=O) groups is 2. The quantitative estimate of drug-likeness (QED) is 0.585. The van der Waals surface area contributed by atoms with Crippen LogP contribution < -0.4 is 0 Å². The highest BCUT2D eigenvalue weighted by molar-refractivity contribution is 5.92. The van der Waals surface area contributed by atoms with Crippen LogP contribution in [0.4, 0.5) is 0 Å². The minimum atomic E-state index is -0.861. The van der Waals surface area contributed by atoms with Gasteiger partial charge in [-0.15, -0.1) is 0 Å². The summed E-state index contributed by atoms with van der Waals surface area (Å²) in [6.07, 6.45) is 2.13. The van der Waals surface area contributed by atoms with Crippen molar-refractivity contribution in [1.29, 1.82) is 0 Å². The number of fused-ring (bicyclic) bond motifs is 1. The lowest BCUT2D eigenvalue weighted by atomic mass is 9.72.